The Balaban J connectivity index is 1.44. The van der Waals surface area contributed by atoms with Crippen LogP contribution in [0.25, 0.3) is 0 Å². The molecule has 2 fully saturated rings. The number of imide groups is 1. The Kier molecular flexibility index (Phi) is 3.37. The smallest absolute Gasteiger partial charge is 0.253 e. The maximum absolute atomic E-state index is 11.9. The van der Waals surface area contributed by atoms with Crippen molar-refractivity contribution in [1.82, 2.24) is 9.80 Å². The molecular formula is C17H20N2O4. The summed E-state index contributed by atoms with van der Waals surface area (Å²) in [7, 11) is 0. The molecule has 2 saturated carbocycles. The molecule has 23 heavy (non-hydrogen) atoms. The van der Waals surface area contributed by atoms with Crippen molar-refractivity contribution in [2.75, 3.05) is 0 Å². The van der Waals surface area contributed by atoms with E-state index in [-0.39, 0.29) is 29.8 Å². The highest BCUT2D eigenvalue weighted by atomic mass is 16.3. The molecule has 4 rings (SSSR count). The number of carbonyl (C=O) groups is 3. The molecule has 122 valence electrons. The molecule has 3 amide bonds. The topological polar surface area (TPSA) is 77.9 Å². The third kappa shape index (κ3) is 2.32. The zero-order valence-corrected chi connectivity index (χ0v) is 12.8. The summed E-state index contributed by atoms with van der Waals surface area (Å²) in [5, 5.41) is 9.96. The Morgan fingerprint density at radius 3 is 2.13 bits per heavy atom. The molecule has 2 aliphatic heterocycles. The monoisotopic (exact) mass is 316 g/mol. The lowest BCUT2D eigenvalue weighted by Gasteiger charge is -2.35. The van der Waals surface area contributed by atoms with Crippen molar-refractivity contribution in [3.8, 4) is 0 Å². The minimum absolute atomic E-state index is 0.0256. The van der Waals surface area contributed by atoms with Gasteiger partial charge in [0.05, 0.1) is 0 Å². The van der Waals surface area contributed by atoms with Crippen LogP contribution in [-0.4, -0.2) is 50.9 Å². The number of hydrogen-bond donors (Lipinski definition) is 1. The molecule has 5 unspecified atom stereocenters. The Morgan fingerprint density at radius 2 is 1.48 bits per heavy atom. The molecule has 2 heterocycles. The molecule has 0 saturated heterocycles. The molecule has 0 bridgehead atoms. The second kappa shape index (κ2) is 5.30. The van der Waals surface area contributed by atoms with E-state index in [9.17, 15) is 19.5 Å². The summed E-state index contributed by atoms with van der Waals surface area (Å²) in [5.41, 5.74) is 0. The summed E-state index contributed by atoms with van der Waals surface area (Å²) in [4.78, 5) is 38.6. The number of amides is 3. The van der Waals surface area contributed by atoms with Crippen LogP contribution in [-0.2, 0) is 14.4 Å². The molecule has 6 heteroatoms. The highest BCUT2D eigenvalue weighted by Gasteiger charge is 2.46. The summed E-state index contributed by atoms with van der Waals surface area (Å²) < 4.78 is 0. The Hall–Kier alpha value is -1.95. The van der Waals surface area contributed by atoms with E-state index in [1.165, 1.54) is 29.2 Å². The van der Waals surface area contributed by atoms with Gasteiger partial charge in [0.15, 0.2) is 0 Å². The standard InChI is InChI=1S/C17H20N2O4/c20-14-3-4-15(21)18(14)12-2-1-10-7-13(9-11(10)8-12)19-16(22)5-6-17(19)23/h3-6,10-13,16,22H,1-2,7-9H2. The second-order valence-electron chi connectivity index (χ2n) is 7.01. The minimum atomic E-state index is -0.811. The number of nitrogens with zero attached hydrogens (tertiary/aromatic N) is 2. The average molecular weight is 316 g/mol. The molecule has 0 aromatic rings. The van der Waals surface area contributed by atoms with Gasteiger partial charge in [0.2, 0.25) is 5.91 Å². The molecule has 1 N–H and O–H groups in total. The van der Waals surface area contributed by atoms with Gasteiger partial charge in [0.25, 0.3) is 11.8 Å². The van der Waals surface area contributed by atoms with Crippen LogP contribution in [0.3, 0.4) is 0 Å². The predicted molar refractivity (Wildman–Crippen MR) is 80.6 cm³/mol. The average Bonchev–Trinajstić information content (AvgIpc) is 3.16. The van der Waals surface area contributed by atoms with Crippen LogP contribution in [0.4, 0.5) is 0 Å². The van der Waals surface area contributed by atoms with E-state index in [0.717, 1.165) is 32.1 Å². The van der Waals surface area contributed by atoms with Crippen molar-refractivity contribution in [2.24, 2.45) is 11.8 Å². The van der Waals surface area contributed by atoms with E-state index >= 15 is 0 Å². The van der Waals surface area contributed by atoms with Crippen molar-refractivity contribution in [3.05, 3.63) is 24.3 Å². The van der Waals surface area contributed by atoms with E-state index in [1.807, 2.05) is 0 Å². The van der Waals surface area contributed by atoms with Crippen LogP contribution in [0.1, 0.15) is 32.1 Å². The van der Waals surface area contributed by atoms with Crippen molar-refractivity contribution in [2.45, 2.75) is 50.4 Å². The highest BCUT2D eigenvalue weighted by molar-refractivity contribution is 6.13. The molecule has 0 radical (unpaired) electrons. The molecule has 5 atom stereocenters. The zero-order chi connectivity index (χ0) is 16.1. The Labute approximate surface area is 134 Å². The van der Waals surface area contributed by atoms with E-state index in [1.54, 1.807) is 4.90 Å². The summed E-state index contributed by atoms with van der Waals surface area (Å²) in [6.07, 6.45) is 9.20. The minimum Gasteiger partial charge on any atom is -0.370 e. The van der Waals surface area contributed by atoms with Crippen molar-refractivity contribution >= 4 is 17.7 Å². The van der Waals surface area contributed by atoms with Gasteiger partial charge in [-0.05, 0) is 50.0 Å². The number of aliphatic hydroxyl groups is 1. The van der Waals surface area contributed by atoms with Gasteiger partial charge in [-0.25, -0.2) is 0 Å². The van der Waals surface area contributed by atoms with Crippen LogP contribution in [0.5, 0.6) is 0 Å². The van der Waals surface area contributed by atoms with E-state index in [2.05, 4.69) is 0 Å². The van der Waals surface area contributed by atoms with Gasteiger partial charge in [0, 0.05) is 30.3 Å². The molecule has 6 nitrogen and oxygen atoms in total. The zero-order valence-electron chi connectivity index (χ0n) is 12.8. The lowest BCUT2D eigenvalue weighted by Crippen LogP contribution is -2.43. The first-order valence-electron chi connectivity index (χ1n) is 8.28. The van der Waals surface area contributed by atoms with Gasteiger partial charge in [-0.3, -0.25) is 19.3 Å². The number of hydrogen-bond acceptors (Lipinski definition) is 4. The summed E-state index contributed by atoms with van der Waals surface area (Å²) in [6, 6.07) is 0.0340. The number of carbonyl (C=O) groups excluding carboxylic acids is 3. The van der Waals surface area contributed by atoms with Gasteiger partial charge in [-0.2, -0.15) is 0 Å². The van der Waals surface area contributed by atoms with Crippen LogP contribution in [0.15, 0.2) is 24.3 Å². The van der Waals surface area contributed by atoms with Crippen LogP contribution in [0.2, 0.25) is 0 Å². The summed E-state index contributed by atoms with van der Waals surface area (Å²) >= 11 is 0. The third-order valence-electron chi connectivity index (χ3n) is 5.81. The van der Waals surface area contributed by atoms with Crippen LogP contribution < -0.4 is 0 Å². The van der Waals surface area contributed by atoms with Crippen molar-refractivity contribution in [3.63, 3.8) is 0 Å². The molecule has 0 spiro atoms. The highest BCUT2D eigenvalue weighted by Crippen LogP contribution is 2.46. The molecule has 2 aliphatic carbocycles. The fourth-order valence-electron chi connectivity index (χ4n) is 4.80. The number of fused-ring (bicyclic) bond motifs is 1. The first-order chi connectivity index (χ1) is 11.0. The lowest BCUT2D eigenvalue weighted by atomic mass is 9.78. The molecule has 0 aromatic carbocycles. The maximum Gasteiger partial charge on any atom is 0.253 e. The quantitative estimate of drug-likeness (QED) is 0.756. The first kappa shape index (κ1) is 14.6. The van der Waals surface area contributed by atoms with Crippen molar-refractivity contribution < 1.29 is 19.5 Å². The fraction of sp³-hybridized carbons (Fsp3) is 0.588. The van der Waals surface area contributed by atoms with Crippen LogP contribution >= 0.6 is 0 Å². The van der Waals surface area contributed by atoms with E-state index in [0.29, 0.717) is 11.8 Å². The predicted octanol–water partition coefficient (Wildman–Crippen LogP) is 0.575. The Morgan fingerprint density at radius 1 is 0.826 bits per heavy atom. The lowest BCUT2D eigenvalue weighted by molar-refractivity contribution is -0.140. The summed E-state index contributed by atoms with van der Waals surface area (Å²) in [6.45, 7) is 0. The summed E-state index contributed by atoms with van der Waals surface area (Å²) in [5.74, 6) is 0.384. The molecule has 4 aliphatic rings. The maximum atomic E-state index is 11.9. The second-order valence-corrected chi connectivity index (χ2v) is 7.01. The van der Waals surface area contributed by atoms with Gasteiger partial charge in [-0.15, -0.1) is 0 Å². The SMILES string of the molecule is O=C1C=CC(=O)N1C1CCC2CC(N3C(=O)C=CC3O)CC2C1. The largest absolute Gasteiger partial charge is 0.370 e. The van der Waals surface area contributed by atoms with Gasteiger partial charge < -0.3 is 10.0 Å². The molecular weight excluding hydrogens is 296 g/mol. The van der Waals surface area contributed by atoms with E-state index in [4.69, 9.17) is 0 Å². The third-order valence-corrected chi connectivity index (χ3v) is 5.81. The van der Waals surface area contributed by atoms with E-state index < -0.39 is 6.23 Å². The van der Waals surface area contributed by atoms with Gasteiger partial charge in [0.1, 0.15) is 6.23 Å². The normalized spacial score (nSPS) is 39.7. The molecule has 0 aromatic heterocycles. The van der Waals surface area contributed by atoms with Crippen molar-refractivity contribution in [1.29, 1.82) is 0 Å². The van der Waals surface area contributed by atoms with Crippen LogP contribution in [0, 0.1) is 11.8 Å². The van der Waals surface area contributed by atoms with Gasteiger partial charge in [-0.1, -0.05) is 0 Å². The fourth-order valence-corrected chi connectivity index (χ4v) is 4.80. The number of rotatable bonds is 2. The Bertz CT molecular complexity index is 608. The first-order valence-corrected chi connectivity index (χ1v) is 8.28. The van der Waals surface area contributed by atoms with Gasteiger partial charge >= 0.3 is 0 Å². The number of aliphatic hydroxyl groups excluding tert-OH is 1.